The lowest BCUT2D eigenvalue weighted by Gasteiger charge is -2.32. The lowest BCUT2D eigenvalue weighted by Crippen LogP contribution is -2.34. The largest absolute Gasteiger partial charge is 0.369 e. The molecular formula is C17H27ClN2. The highest BCUT2D eigenvalue weighted by Crippen LogP contribution is 2.32. The molecule has 1 fully saturated rings. The van der Waals surface area contributed by atoms with Crippen LogP contribution in [0.5, 0.6) is 0 Å². The molecule has 0 bridgehead atoms. The maximum Gasteiger partial charge on any atom is 0.0429 e. The Morgan fingerprint density at radius 3 is 2.60 bits per heavy atom. The van der Waals surface area contributed by atoms with Crippen LogP contribution in [0.4, 0.5) is 5.69 Å². The van der Waals surface area contributed by atoms with Gasteiger partial charge in [0.1, 0.15) is 0 Å². The van der Waals surface area contributed by atoms with E-state index in [-0.39, 0.29) is 0 Å². The fourth-order valence-corrected chi connectivity index (χ4v) is 3.28. The monoisotopic (exact) mass is 294 g/mol. The van der Waals surface area contributed by atoms with Crippen molar-refractivity contribution < 1.29 is 0 Å². The predicted molar refractivity (Wildman–Crippen MR) is 88.7 cm³/mol. The van der Waals surface area contributed by atoms with Crippen molar-refractivity contribution in [1.82, 2.24) is 5.32 Å². The van der Waals surface area contributed by atoms with Gasteiger partial charge in [0.15, 0.2) is 0 Å². The Morgan fingerprint density at radius 1 is 1.30 bits per heavy atom. The number of nitrogens with one attached hydrogen (secondary N) is 1. The summed E-state index contributed by atoms with van der Waals surface area (Å²) in [6.45, 7) is 8.58. The number of halogens is 1. The SMILES string of the molecule is CCN(c1cc(Cl)ccc1CNC(C)C)C1CCCC1. The van der Waals surface area contributed by atoms with Gasteiger partial charge in [-0.15, -0.1) is 0 Å². The van der Waals surface area contributed by atoms with E-state index in [9.17, 15) is 0 Å². The summed E-state index contributed by atoms with van der Waals surface area (Å²) < 4.78 is 0. The van der Waals surface area contributed by atoms with E-state index < -0.39 is 0 Å². The van der Waals surface area contributed by atoms with Gasteiger partial charge in [-0.05, 0) is 37.5 Å². The lowest BCUT2D eigenvalue weighted by molar-refractivity contribution is 0.580. The van der Waals surface area contributed by atoms with Crippen molar-refractivity contribution in [2.24, 2.45) is 0 Å². The van der Waals surface area contributed by atoms with Crippen LogP contribution in [0.15, 0.2) is 18.2 Å². The molecule has 112 valence electrons. The lowest BCUT2D eigenvalue weighted by atomic mass is 10.1. The number of anilines is 1. The van der Waals surface area contributed by atoms with Crippen molar-refractivity contribution in [2.45, 2.75) is 65.1 Å². The summed E-state index contributed by atoms with van der Waals surface area (Å²) in [6, 6.07) is 7.51. The smallest absolute Gasteiger partial charge is 0.0429 e. The Labute approximate surface area is 128 Å². The summed E-state index contributed by atoms with van der Waals surface area (Å²) in [6.07, 6.45) is 5.36. The minimum absolute atomic E-state index is 0.500. The van der Waals surface area contributed by atoms with Gasteiger partial charge in [0.2, 0.25) is 0 Å². The van der Waals surface area contributed by atoms with E-state index in [1.807, 2.05) is 6.07 Å². The molecule has 0 unspecified atom stereocenters. The quantitative estimate of drug-likeness (QED) is 0.824. The zero-order chi connectivity index (χ0) is 14.5. The maximum absolute atomic E-state index is 6.24. The van der Waals surface area contributed by atoms with Crippen molar-refractivity contribution in [2.75, 3.05) is 11.4 Å². The van der Waals surface area contributed by atoms with Gasteiger partial charge in [0.25, 0.3) is 0 Å². The molecule has 1 aromatic rings. The summed E-state index contributed by atoms with van der Waals surface area (Å²) in [5.74, 6) is 0. The fraction of sp³-hybridized carbons (Fsp3) is 0.647. The minimum atomic E-state index is 0.500. The first-order chi connectivity index (χ1) is 9.61. The van der Waals surface area contributed by atoms with Crippen LogP contribution in [0.3, 0.4) is 0 Å². The van der Waals surface area contributed by atoms with Crippen LogP contribution in [-0.4, -0.2) is 18.6 Å². The number of hydrogen-bond acceptors (Lipinski definition) is 2. The summed E-state index contributed by atoms with van der Waals surface area (Å²) in [4.78, 5) is 2.55. The molecule has 1 aromatic carbocycles. The van der Waals surface area contributed by atoms with Gasteiger partial charge in [0, 0.05) is 35.9 Å². The second kappa shape index (κ2) is 7.33. The third kappa shape index (κ3) is 3.89. The highest BCUT2D eigenvalue weighted by molar-refractivity contribution is 6.30. The molecule has 0 radical (unpaired) electrons. The average Bonchev–Trinajstić information content (AvgIpc) is 2.92. The normalized spacial score (nSPS) is 16.1. The van der Waals surface area contributed by atoms with Crippen LogP contribution in [-0.2, 0) is 6.54 Å². The molecule has 0 amide bonds. The summed E-state index contributed by atoms with van der Waals surface area (Å²) in [5.41, 5.74) is 2.68. The molecule has 1 saturated carbocycles. The molecular weight excluding hydrogens is 268 g/mol. The second-order valence-corrected chi connectivity index (χ2v) is 6.47. The van der Waals surface area contributed by atoms with Crippen molar-refractivity contribution in [1.29, 1.82) is 0 Å². The summed E-state index contributed by atoms with van der Waals surface area (Å²) >= 11 is 6.24. The fourth-order valence-electron chi connectivity index (χ4n) is 3.11. The van der Waals surface area contributed by atoms with Crippen molar-refractivity contribution in [3.63, 3.8) is 0 Å². The first-order valence-corrected chi connectivity index (χ1v) is 8.28. The standard InChI is InChI=1S/C17H27ClN2/c1-4-20(16-7-5-6-8-16)17-11-15(18)10-9-14(17)12-19-13(2)3/h9-11,13,16,19H,4-8,12H2,1-3H3. The maximum atomic E-state index is 6.24. The van der Waals surface area contributed by atoms with Gasteiger partial charge >= 0.3 is 0 Å². The number of nitrogens with zero attached hydrogens (tertiary/aromatic N) is 1. The highest BCUT2D eigenvalue weighted by atomic mass is 35.5. The number of hydrogen-bond donors (Lipinski definition) is 1. The topological polar surface area (TPSA) is 15.3 Å². The molecule has 2 rings (SSSR count). The Morgan fingerprint density at radius 2 is 2.00 bits per heavy atom. The zero-order valence-electron chi connectivity index (χ0n) is 13.0. The van der Waals surface area contributed by atoms with Crippen LogP contribution in [0.25, 0.3) is 0 Å². The third-order valence-corrected chi connectivity index (χ3v) is 4.40. The van der Waals surface area contributed by atoms with Crippen molar-refractivity contribution >= 4 is 17.3 Å². The first-order valence-electron chi connectivity index (χ1n) is 7.90. The zero-order valence-corrected chi connectivity index (χ0v) is 13.7. The number of rotatable bonds is 6. The van der Waals surface area contributed by atoms with Gasteiger partial charge in [-0.1, -0.05) is 44.4 Å². The number of benzene rings is 1. The molecule has 0 heterocycles. The van der Waals surface area contributed by atoms with Gasteiger partial charge in [-0.2, -0.15) is 0 Å². The Kier molecular flexibility index (Phi) is 5.74. The molecule has 1 aliphatic rings. The molecule has 1 N–H and O–H groups in total. The van der Waals surface area contributed by atoms with E-state index in [2.05, 4.69) is 43.1 Å². The van der Waals surface area contributed by atoms with E-state index in [4.69, 9.17) is 11.6 Å². The Balaban J connectivity index is 2.23. The Bertz CT molecular complexity index is 425. The minimum Gasteiger partial charge on any atom is -0.369 e. The second-order valence-electron chi connectivity index (χ2n) is 6.03. The molecule has 0 spiro atoms. The third-order valence-electron chi connectivity index (χ3n) is 4.16. The van der Waals surface area contributed by atoms with Gasteiger partial charge in [0.05, 0.1) is 0 Å². The molecule has 3 heteroatoms. The van der Waals surface area contributed by atoms with E-state index in [1.54, 1.807) is 0 Å². The van der Waals surface area contributed by atoms with Crippen LogP contribution in [0.1, 0.15) is 52.0 Å². The van der Waals surface area contributed by atoms with Crippen LogP contribution >= 0.6 is 11.6 Å². The van der Waals surface area contributed by atoms with E-state index >= 15 is 0 Å². The van der Waals surface area contributed by atoms with Crippen LogP contribution < -0.4 is 10.2 Å². The molecule has 20 heavy (non-hydrogen) atoms. The molecule has 2 nitrogen and oxygen atoms in total. The van der Waals surface area contributed by atoms with Gasteiger partial charge in [-0.3, -0.25) is 0 Å². The van der Waals surface area contributed by atoms with Crippen LogP contribution in [0.2, 0.25) is 5.02 Å². The van der Waals surface area contributed by atoms with Crippen molar-refractivity contribution in [3.05, 3.63) is 28.8 Å². The Hall–Kier alpha value is -0.730. The molecule has 1 aliphatic carbocycles. The van der Waals surface area contributed by atoms with Crippen molar-refractivity contribution in [3.8, 4) is 0 Å². The molecule has 0 aliphatic heterocycles. The molecule has 0 atom stereocenters. The van der Waals surface area contributed by atoms with Crippen LogP contribution in [0, 0.1) is 0 Å². The first kappa shape index (κ1) is 15.7. The highest BCUT2D eigenvalue weighted by Gasteiger charge is 2.23. The van der Waals surface area contributed by atoms with E-state index in [0.717, 1.165) is 18.1 Å². The molecule has 0 saturated heterocycles. The summed E-state index contributed by atoms with van der Waals surface area (Å²) in [7, 11) is 0. The summed E-state index contributed by atoms with van der Waals surface area (Å²) in [5, 5.41) is 4.36. The van der Waals surface area contributed by atoms with Gasteiger partial charge < -0.3 is 10.2 Å². The average molecular weight is 295 g/mol. The van der Waals surface area contributed by atoms with E-state index in [0.29, 0.717) is 12.1 Å². The molecule has 0 aromatic heterocycles. The van der Waals surface area contributed by atoms with E-state index in [1.165, 1.54) is 36.9 Å². The predicted octanol–water partition coefficient (Wildman–Crippen LogP) is 4.61. The van der Waals surface area contributed by atoms with Gasteiger partial charge in [-0.25, -0.2) is 0 Å².